The average Bonchev–Trinajstić information content (AvgIpc) is 2.50. The molecular weight excluding hydrogens is 291 g/mol. The van der Waals surface area contributed by atoms with Crippen molar-refractivity contribution in [2.75, 3.05) is 5.32 Å². The van der Waals surface area contributed by atoms with Crippen LogP contribution in [0.15, 0.2) is 22.9 Å². The highest BCUT2D eigenvalue weighted by atomic mass is 79.9. The van der Waals surface area contributed by atoms with Gasteiger partial charge in [0, 0.05) is 23.9 Å². The summed E-state index contributed by atoms with van der Waals surface area (Å²) in [4.78, 5) is 4.20. The molecule has 0 aliphatic heterocycles. The molecule has 2 rings (SSSR count). The number of nitrogens with zero attached hydrogens (tertiary/aromatic N) is 3. The minimum atomic E-state index is 0.567. The van der Waals surface area contributed by atoms with Crippen LogP contribution >= 0.6 is 27.5 Å². The van der Waals surface area contributed by atoms with Gasteiger partial charge in [-0.1, -0.05) is 11.6 Å². The molecule has 16 heavy (non-hydrogen) atoms. The van der Waals surface area contributed by atoms with Gasteiger partial charge < -0.3 is 5.32 Å². The van der Waals surface area contributed by atoms with E-state index < -0.39 is 0 Å². The fraction of sp³-hybridized carbons (Fsp3) is 0.200. The van der Waals surface area contributed by atoms with Crippen molar-refractivity contribution in [3.63, 3.8) is 0 Å². The van der Waals surface area contributed by atoms with Crippen LogP contribution in [0.2, 0.25) is 5.02 Å². The molecule has 0 fully saturated rings. The summed E-state index contributed by atoms with van der Waals surface area (Å²) in [7, 11) is 1.87. The zero-order valence-electron chi connectivity index (χ0n) is 8.83. The lowest BCUT2D eigenvalue weighted by Gasteiger charge is -2.05. The van der Waals surface area contributed by atoms with E-state index in [1.54, 1.807) is 16.9 Å². The Morgan fingerprint density at radius 1 is 1.50 bits per heavy atom. The zero-order valence-corrected chi connectivity index (χ0v) is 11.2. The Hall–Kier alpha value is -1.07. The molecule has 6 heteroatoms. The Bertz CT molecular complexity index is 524. The van der Waals surface area contributed by atoms with Gasteiger partial charge in [-0.3, -0.25) is 4.68 Å². The first-order valence-corrected chi connectivity index (χ1v) is 5.81. The molecule has 0 aromatic carbocycles. The van der Waals surface area contributed by atoms with Crippen molar-refractivity contribution in [2.45, 2.75) is 6.92 Å². The van der Waals surface area contributed by atoms with Crippen LogP contribution in [0.25, 0.3) is 0 Å². The molecule has 1 N–H and O–H groups in total. The topological polar surface area (TPSA) is 42.7 Å². The van der Waals surface area contributed by atoms with Crippen LogP contribution < -0.4 is 5.32 Å². The lowest BCUT2D eigenvalue weighted by atomic mass is 10.4. The first-order chi connectivity index (χ1) is 7.56. The number of anilines is 2. The summed E-state index contributed by atoms with van der Waals surface area (Å²) >= 11 is 9.37. The zero-order chi connectivity index (χ0) is 11.7. The van der Waals surface area contributed by atoms with E-state index in [9.17, 15) is 0 Å². The summed E-state index contributed by atoms with van der Waals surface area (Å²) < 4.78 is 2.59. The molecule has 0 aliphatic rings. The number of pyridine rings is 1. The fourth-order valence-electron chi connectivity index (χ4n) is 1.36. The molecule has 0 saturated heterocycles. The molecule has 4 nitrogen and oxygen atoms in total. The van der Waals surface area contributed by atoms with Crippen molar-refractivity contribution in [2.24, 2.45) is 7.05 Å². The third kappa shape index (κ3) is 2.36. The number of aryl methyl sites for hydroxylation is 2. The van der Waals surface area contributed by atoms with E-state index in [2.05, 4.69) is 31.3 Å². The van der Waals surface area contributed by atoms with Crippen LogP contribution in [-0.4, -0.2) is 14.8 Å². The van der Waals surface area contributed by atoms with Gasteiger partial charge in [0.1, 0.15) is 5.82 Å². The van der Waals surface area contributed by atoms with Gasteiger partial charge in [-0.15, -0.1) is 0 Å². The average molecular weight is 302 g/mol. The van der Waals surface area contributed by atoms with E-state index in [0.717, 1.165) is 15.9 Å². The van der Waals surface area contributed by atoms with Gasteiger partial charge in [0.15, 0.2) is 0 Å². The first-order valence-electron chi connectivity index (χ1n) is 4.64. The van der Waals surface area contributed by atoms with Gasteiger partial charge in [-0.2, -0.15) is 5.10 Å². The molecule has 0 radical (unpaired) electrons. The summed E-state index contributed by atoms with van der Waals surface area (Å²) in [6, 6.07) is 1.79. The van der Waals surface area contributed by atoms with Crippen LogP contribution in [0.4, 0.5) is 11.5 Å². The van der Waals surface area contributed by atoms with Crippen molar-refractivity contribution in [3.05, 3.63) is 33.6 Å². The van der Waals surface area contributed by atoms with Crippen LogP contribution in [0, 0.1) is 6.92 Å². The third-order valence-electron chi connectivity index (χ3n) is 2.07. The van der Waals surface area contributed by atoms with E-state index in [-0.39, 0.29) is 0 Å². The first kappa shape index (κ1) is 11.4. The highest BCUT2D eigenvalue weighted by Gasteiger charge is 2.07. The highest BCUT2D eigenvalue weighted by Crippen LogP contribution is 2.26. The predicted octanol–water partition coefficient (Wildman–Crippen LogP) is 3.28. The van der Waals surface area contributed by atoms with Crippen molar-refractivity contribution in [1.29, 1.82) is 0 Å². The summed E-state index contributed by atoms with van der Waals surface area (Å²) in [5.74, 6) is 0.626. The summed E-state index contributed by atoms with van der Waals surface area (Å²) in [5, 5.41) is 7.94. The second-order valence-electron chi connectivity index (χ2n) is 3.41. The molecule has 0 unspecified atom stereocenters. The molecule has 2 heterocycles. The van der Waals surface area contributed by atoms with Crippen molar-refractivity contribution in [1.82, 2.24) is 14.8 Å². The number of aromatic nitrogens is 3. The van der Waals surface area contributed by atoms with Crippen LogP contribution in [0.3, 0.4) is 0 Å². The second-order valence-corrected chi connectivity index (χ2v) is 4.73. The monoisotopic (exact) mass is 300 g/mol. The maximum absolute atomic E-state index is 6.06. The van der Waals surface area contributed by atoms with Crippen LogP contribution in [-0.2, 0) is 7.05 Å². The summed E-state index contributed by atoms with van der Waals surface area (Å²) in [6.07, 6.45) is 3.58. The largest absolute Gasteiger partial charge is 0.336 e. The molecule has 0 spiro atoms. The number of halogens is 2. The number of hydrogen-bond donors (Lipinski definition) is 1. The number of rotatable bonds is 2. The van der Waals surface area contributed by atoms with Crippen LogP contribution in [0.1, 0.15) is 5.69 Å². The van der Waals surface area contributed by atoms with E-state index in [1.807, 2.05) is 20.2 Å². The smallest absolute Gasteiger partial charge is 0.149 e. The second kappa shape index (κ2) is 4.43. The van der Waals surface area contributed by atoms with Crippen molar-refractivity contribution in [3.8, 4) is 0 Å². The van der Waals surface area contributed by atoms with Crippen molar-refractivity contribution >= 4 is 39.0 Å². The Labute approximate surface area is 107 Å². The standard InChI is InChI=1S/C10H10BrClN4/c1-6-9(5-16(2)15-6)14-10-8(12)3-7(11)4-13-10/h3-5H,1-2H3,(H,13,14). The van der Waals surface area contributed by atoms with Crippen LogP contribution in [0.5, 0.6) is 0 Å². The van der Waals surface area contributed by atoms with Gasteiger partial charge in [-0.05, 0) is 28.9 Å². The Balaban J connectivity index is 2.30. The maximum Gasteiger partial charge on any atom is 0.149 e. The minimum absolute atomic E-state index is 0.567. The fourth-order valence-corrected chi connectivity index (χ4v) is 2.03. The van der Waals surface area contributed by atoms with Gasteiger partial charge in [0.05, 0.1) is 16.4 Å². The normalized spacial score (nSPS) is 10.5. The van der Waals surface area contributed by atoms with Gasteiger partial charge >= 0.3 is 0 Å². The molecule has 0 bridgehead atoms. The quantitative estimate of drug-likeness (QED) is 0.925. The summed E-state index contributed by atoms with van der Waals surface area (Å²) in [6.45, 7) is 1.93. The van der Waals surface area contributed by atoms with Crippen molar-refractivity contribution < 1.29 is 0 Å². The third-order valence-corrected chi connectivity index (χ3v) is 2.80. The molecule has 0 atom stereocenters. The van der Waals surface area contributed by atoms with E-state index in [1.165, 1.54) is 0 Å². The van der Waals surface area contributed by atoms with E-state index in [0.29, 0.717) is 10.8 Å². The molecule has 2 aromatic heterocycles. The molecule has 0 aliphatic carbocycles. The predicted molar refractivity (Wildman–Crippen MR) is 68.2 cm³/mol. The van der Waals surface area contributed by atoms with Gasteiger partial charge in [-0.25, -0.2) is 4.98 Å². The van der Waals surface area contributed by atoms with E-state index in [4.69, 9.17) is 11.6 Å². The Morgan fingerprint density at radius 3 is 2.81 bits per heavy atom. The lowest BCUT2D eigenvalue weighted by molar-refractivity contribution is 0.756. The lowest BCUT2D eigenvalue weighted by Crippen LogP contribution is -1.94. The van der Waals surface area contributed by atoms with Gasteiger partial charge in [0.2, 0.25) is 0 Å². The number of hydrogen-bond acceptors (Lipinski definition) is 3. The highest BCUT2D eigenvalue weighted by molar-refractivity contribution is 9.10. The maximum atomic E-state index is 6.06. The number of nitrogens with one attached hydrogen (secondary N) is 1. The SMILES string of the molecule is Cc1nn(C)cc1Nc1ncc(Br)cc1Cl. The minimum Gasteiger partial charge on any atom is -0.336 e. The van der Waals surface area contributed by atoms with Gasteiger partial charge in [0.25, 0.3) is 0 Å². The summed E-state index contributed by atoms with van der Waals surface area (Å²) in [5.41, 5.74) is 1.81. The molecule has 0 amide bonds. The Kier molecular flexibility index (Phi) is 3.16. The van der Waals surface area contributed by atoms with E-state index >= 15 is 0 Å². The molecule has 0 saturated carbocycles. The molecular formula is C10H10BrClN4. The molecule has 2 aromatic rings. The molecule has 84 valence electrons. The Morgan fingerprint density at radius 2 is 2.25 bits per heavy atom.